The van der Waals surface area contributed by atoms with Gasteiger partial charge in [0.05, 0.1) is 24.9 Å². The molecule has 1 heterocycles. The van der Waals surface area contributed by atoms with E-state index in [4.69, 9.17) is 16.3 Å². The first-order chi connectivity index (χ1) is 13.8. The van der Waals surface area contributed by atoms with Crippen LogP contribution in [-0.2, 0) is 28.1 Å². The molecule has 0 aliphatic carbocycles. The molecule has 0 unspecified atom stereocenters. The van der Waals surface area contributed by atoms with Crippen molar-refractivity contribution in [2.45, 2.75) is 20.0 Å². The van der Waals surface area contributed by atoms with Gasteiger partial charge in [0.2, 0.25) is 0 Å². The van der Waals surface area contributed by atoms with Gasteiger partial charge in [-0.15, -0.1) is 4.40 Å². The van der Waals surface area contributed by atoms with Gasteiger partial charge in [0.15, 0.2) is 0 Å². The van der Waals surface area contributed by atoms with Crippen LogP contribution < -0.4 is 10.1 Å². The molecule has 152 valence electrons. The number of methoxy groups -OCH3 is 1. The second kappa shape index (κ2) is 8.67. The van der Waals surface area contributed by atoms with Gasteiger partial charge in [0.25, 0.3) is 5.91 Å². The molecule has 0 saturated heterocycles. The zero-order valence-electron chi connectivity index (χ0n) is 15.9. The van der Waals surface area contributed by atoms with Gasteiger partial charge >= 0.3 is 10.2 Å². The molecule has 0 saturated carbocycles. The molecule has 1 N–H and O–H groups in total. The molecule has 2 aromatic rings. The first-order valence-corrected chi connectivity index (χ1v) is 10.5. The molecule has 9 heteroatoms. The van der Waals surface area contributed by atoms with Crippen molar-refractivity contribution < 1.29 is 17.9 Å². The molecule has 1 aliphatic heterocycles. The van der Waals surface area contributed by atoms with Crippen LogP contribution in [-0.4, -0.2) is 31.5 Å². The zero-order chi connectivity index (χ0) is 21.0. The Kier molecular flexibility index (Phi) is 6.24. The second-order valence-electron chi connectivity index (χ2n) is 6.36. The van der Waals surface area contributed by atoms with Crippen LogP contribution in [0.5, 0.6) is 5.75 Å². The van der Waals surface area contributed by atoms with Crippen molar-refractivity contribution in [3.8, 4) is 5.75 Å². The Morgan fingerprint density at radius 2 is 1.86 bits per heavy atom. The summed E-state index contributed by atoms with van der Waals surface area (Å²) in [5.41, 5.74) is 1.84. The highest BCUT2D eigenvalue weighted by Gasteiger charge is 2.28. The zero-order valence-corrected chi connectivity index (χ0v) is 17.5. The fraction of sp³-hybridized carbons (Fsp3) is 0.200. The molecule has 0 spiro atoms. The smallest absolute Gasteiger partial charge is 0.344 e. The Morgan fingerprint density at radius 1 is 1.17 bits per heavy atom. The van der Waals surface area contributed by atoms with Gasteiger partial charge in [0.1, 0.15) is 5.75 Å². The third-order valence-electron chi connectivity index (χ3n) is 4.34. The van der Waals surface area contributed by atoms with E-state index in [0.717, 1.165) is 9.87 Å². The van der Waals surface area contributed by atoms with Crippen LogP contribution in [0.4, 0.5) is 0 Å². The van der Waals surface area contributed by atoms with Gasteiger partial charge in [-0.2, -0.15) is 8.42 Å². The summed E-state index contributed by atoms with van der Waals surface area (Å²) >= 11 is 5.86. The minimum absolute atomic E-state index is 0.00289. The third kappa shape index (κ3) is 4.96. The summed E-state index contributed by atoms with van der Waals surface area (Å²) < 4.78 is 35.0. The van der Waals surface area contributed by atoms with E-state index in [1.807, 2.05) is 0 Å². The van der Waals surface area contributed by atoms with Gasteiger partial charge < -0.3 is 10.1 Å². The van der Waals surface area contributed by atoms with E-state index in [9.17, 15) is 13.2 Å². The number of nitrogens with one attached hydrogen (secondary N) is 1. The largest absolute Gasteiger partial charge is 0.496 e. The van der Waals surface area contributed by atoms with E-state index in [0.29, 0.717) is 16.3 Å². The quantitative estimate of drug-likeness (QED) is 0.758. The monoisotopic (exact) mass is 433 g/mol. The lowest BCUT2D eigenvalue weighted by Crippen LogP contribution is -2.35. The minimum atomic E-state index is -3.94. The summed E-state index contributed by atoms with van der Waals surface area (Å²) in [7, 11) is -2.43. The summed E-state index contributed by atoms with van der Waals surface area (Å²) in [6.45, 7) is 1.77. The molecular weight excluding hydrogens is 414 g/mol. The Bertz CT molecular complexity index is 1080. The van der Waals surface area contributed by atoms with Gasteiger partial charge in [-0.05, 0) is 30.7 Å². The topological polar surface area (TPSA) is 88.1 Å². The van der Waals surface area contributed by atoms with Crippen LogP contribution in [0.25, 0.3) is 0 Å². The number of para-hydroxylation sites is 1. The fourth-order valence-electron chi connectivity index (χ4n) is 2.81. The molecule has 2 aromatic carbocycles. The number of amides is 1. The van der Waals surface area contributed by atoms with Crippen molar-refractivity contribution >= 4 is 33.4 Å². The highest BCUT2D eigenvalue weighted by Crippen LogP contribution is 2.24. The predicted octanol–water partition coefficient (Wildman–Crippen LogP) is 3.07. The van der Waals surface area contributed by atoms with E-state index in [1.165, 1.54) is 20.2 Å². The van der Waals surface area contributed by atoms with E-state index in [-0.39, 0.29) is 24.4 Å². The normalized spacial score (nSPS) is 15.3. The molecule has 0 radical (unpaired) electrons. The van der Waals surface area contributed by atoms with Crippen LogP contribution in [0.15, 0.2) is 64.7 Å². The fourth-order valence-corrected chi connectivity index (χ4v) is 4.03. The first-order valence-electron chi connectivity index (χ1n) is 8.75. The highest BCUT2D eigenvalue weighted by atomic mass is 35.5. The molecule has 7 nitrogen and oxygen atoms in total. The molecular formula is C20H20ClN3O4S. The van der Waals surface area contributed by atoms with Crippen LogP contribution >= 0.6 is 11.6 Å². The number of rotatable bonds is 6. The van der Waals surface area contributed by atoms with Crippen LogP contribution in [0.1, 0.15) is 18.1 Å². The van der Waals surface area contributed by atoms with Gasteiger partial charge in [-0.1, -0.05) is 41.9 Å². The lowest BCUT2D eigenvalue weighted by atomic mass is 10.1. The third-order valence-corrected chi connectivity index (χ3v) is 5.92. The Balaban J connectivity index is 1.80. The highest BCUT2D eigenvalue weighted by molar-refractivity contribution is 7.88. The molecule has 1 aliphatic rings. The lowest BCUT2D eigenvalue weighted by Gasteiger charge is -2.24. The van der Waals surface area contributed by atoms with Crippen molar-refractivity contribution in [1.29, 1.82) is 0 Å². The number of carbonyl (C=O) groups is 1. The average molecular weight is 434 g/mol. The maximum atomic E-state index is 12.6. The first kappa shape index (κ1) is 20.9. The number of carbonyl (C=O) groups excluding carboxylic acids is 1. The molecule has 3 rings (SSSR count). The second-order valence-corrected chi connectivity index (χ2v) is 8.35. The van der Waals surface area contributed by atoms with Crippen molar-refractivity contribution in [1.82, 2.24) is 9.62 Å². The Hall–Kier alpha value is -2.84. The Morgan fingerprint density at radius 3 is 2.55 bits per heavy atom. The number of nitrogens with zero attached hydrogens (tertiary/aromatic N) is 2. The molecule has 29 heavy (non-hydrogen) atoms. The summed E-state index contributed by atoms with van der Waals surface area (Å²) in [5.74, 6) is 0.136. The van der Waals surface area contributed by atoms with Crippen molar-refractivity contribution in [2.75, 3.05) is 7.11 Å². The standard InChI is InChI=1S/C20H20ClN3O4S/c1-14-18(20(25)22-11-15-7-9-17(21)10-8-15)13-24(29(26,27)23-14)12-16-5-3-4-6-19(16)28-2/h3-10,13H,11-12H2,1-2H3,(H,22,25). The molecule has 0 bridgehead atoms. The number of halogens is 1. The SMILES string of the molecule is COc1ccccc1CN1C=C(C(=O)NCc2ccc(Cl)cc2)C(C)=NS1(=O)=O. The summed E-state index contributed by atoms with van der Waals surface area (Å²) in [6, 6.07) is 14.1. The van der Waals surface area contributed by atoms with E-state index >= 15 is 0 Å². The molecule has 0 aromatic heterocycles. The maximum Gasteiger partial charge on any atom is 0.344 e. The van der Waals surface area contributed by atoms with E-state index < -0.39 is 16.1 Å². The van der Waals surface area contributed by atoms with Crippen LogP contribution in [0.3, 0.4) is 0 Å². The summed E-state index contributed by atoms with van der Waals surface area (Å²) in [6.07, 6.45) is 1.31. The van der Waals surface area contributed by atoms with Crippen molar-refractivity contribution in [3.05, 3.63) is 76.5 Å². The van der Waals surface area contributed by atoms with Crippen LogP contribution in [0.2, 0.25) is 5.02 Å². The summed E-state index contributed by atoms with van der Waals surface area (Å²) in [5, 5.41) is 3.38. The predicted molar refractivity (Wildman–Crippen MR) is 112 cm³/mol. The van der Waals surface area contributed by atoms with Gasteiger partial charge in [-0.25, -0.2) is 0 Å². The lowest BCUT2D eigenvalue weighted by molar-refractivity contribution is -0.117. The molecule has 0 fully saturated rings. The average Bonchev–Trinajstić information content (AvgIpc) is 2.69. The Labute approximate surface area is 174 Å². The maximum absolute atomic E-state index is 12.6. The van der Waals surface area contributed by atoms with E-state index in [1.54, 1.807) is 48.5 Å². The van der Waals surface area contributed by atoms with E-state index in [2.05, 4.69) is 9.71 Å². The van der Waals surface area contributed by atoms with Crippen molar-refractivity contribution in [3.63, 3.8) is 0 Å². The number of hydrogen-bond donors (Lipinski definition) is 1. The number of hydrogen-bond acceptors (Lipinski definition) is 4. The number of benzene rings is 2. The summed E-state index contributed by atoms with van der Waals surface area (Å²) in [4.78, 5) is 12.6. The molecule has 0 atom stereocenters. The van der Waals surface area contributed by atoms with Gasteiger partial charge in [0, 0.05) is 23.3 Å². The van der Waals surface area contributed by atoms with Gasteiger partial charge in [-0.3, -0.25) is 9.10 Å². The minimum Gasteiger partial charge on any atom is -0.496 e. The number of ether oxygens (including phenoxy) is 1. The van der Waals surface area contributed by atoms with Crippen molar-refractivity contribution in [2.24, 2.45) is 4.40 Å². The van der Waals surface area contributed by atoms with Crippen LogP contribution in [0, 0.1) is 0 Å². The molecule has 1 amide bonds.